The van der Waals surface area contributed by atoms with E-state index in [1.54, 1.807) is 67.8 Å². The third-order valence-electron chi connectivity index (χ3n) is 9.73. The average Bonchev–Trinajstić information content (AvgIpc) is 3.64. The number of amides is 4. The zero-order valence-corrected chi connectivity index (χ0v) is 34.2. The van der Waals surface area contributed by atoms with E-state index in [-0.39, 0.29) is 36.6 Å². The molecule has 58 heavy (non-hydrogen) atoms. The van der Waals surface area contributed by atoms with Crippen molar-refractivity contribution in [2.45, 2.75) is 84.2 Å². The number of carbonyl (C=O) groups is 5. The van der Waals surface area contributed by atoms with E-state index in [1.807, 2.05) is 61.5 Å². The van der Waals surface area contributed by atoms with E-state index in [0.717, 1.165) is 11.1 Å². The quantitative estimate of drug-likeness (QED) is 0.125. The summed E-state index contributed by atoms with van der Waals surface area (Å²) in [6.45, 7) is 10.9. The first-order valence-corrected chi connectivity index (χ1v) is 19.3. The van der Waals surface area contributed by atoms with Crippen LogP contribution in [0.1, 0.15) is 80.6 Å². The van der Waals surface area contributed by atoms with Gasteiger partial charge in [-0.25, -0.2) is 9.78 Å². The summed E-state index contributed by atoms with van der Waals surface area (Å²) < 4.78 is 18.2. The number of Topliss-reactive ketones (excluding diaryl/α,β-unsaturated/α-hetero) is 1. The molecule has 1 aromatic heterocycles. The van der Waals surface area contributed by atoms with Crippen molar-refractivity contribution in [3.05, 3.63) is 114 Å². The molecule has 308 valence electrons. The molecule has 0 bridgehead atoms. The van der Waals surface area contributed by atoms with Gasteiger partial charge >= 0.3 is 6.09 Å². The zero-order valence-electron chi connectivity index (χ0n) is 34.2. The minimum Gasteiger partial charge on any atom is -0.497 e. The topological polar surface area (TPSA) is 170 Å². The van der Waals surface area contributed by atoms with E-state index < -0.39 is 41.1 Å². The van der Waals surface area contributed by atoms with Gasteiger partial charge in [0, 0.05) is 30.8 Å². The monoisotopic (exact) mass is 794 g/mol. The van der Waals surface area contributed by atoms with Crippen LogP contribution in [0.25, 0.3) is 0 Å². The second-order valence-corrected chi connectivity index (χ2v) is 16.0. The van der Waals surface area contributed by atoms with E-state index in [4.69, 9.17) is 14.2 Å². The van der Waals surface area contributed by atoms with Crippen LogP contribution in [0.3, 0.4) is 0 Å². The molecule has 1 aliphatic heterocycles. The summed E-state index contributed by atoms with van der Waals surface area (Å²) in [6.07, 6.45) is 3.28. The number of nitrogens with zero attached hydrogens (tertiary/aromatic N) is 3. The Balaban J connectivity index is 1.32. The third-order valence-corrected chi connectivity index (χ3v) is 9.73. The van der Waals surface area contributed by atoms with Crippen LogP contribution in [-0.2, 0) is 30.5 Å². The number of methoxy groups -OCH3 is 1. The number of alkyl carbamates (subject to hydrolysis) is 1. The normalized spacial score (nSPS) is 14.5. The number of carbonyl (C=O) groups excluding carboxylic acids is 5. The number of nitrogens with one attached hydrogen (secondary N) is 3. The number of aryl methyl sites for hydroxylation is 1. The molecule has 3 N–H and O–H groups in total. The fourth-order valence-corrected chi connectivity index (χ4v) is 6.48. The number of imidazole rings is 1. The number of hydrogen-bond acceptors (Lipinski definition) is 9. The van der Waals surface area contributed by atoms with Crippen LogP contribution in [0.4, 0.5) is 10.6 Å². The number of benzene rings is 3. The maximum atomic E-state index is 14.4. The highest BCUT2D eigenvalue weighted by molar-refractivity contribution is 5.99. The molecule has 0 aliphatic carbocycles. The molecule has 4 amide bonds. The molecule has 1 aliphatic rings. The van der Waals surface area contributed by atoms with Gasteiger partial charge < -0.3 is 39.6 Å². The molecular weight excluding hydrogens is 741 g/mol. The van der Waals surface area contributed by atoms with Gasteiger partial charge in [-0.15, -0.1) is 0 Å². The molecular formula is C44H54N6O8. The molecule has 3 aromatic carbocycles. The molecule has 0 radical (unpaired) electrons. The fraction of sp³-hybridized carbons (Fsp3) is 0.409. The Morgan fingerprint density at radius 2 is 1.53 bits per heavy atom. The summed E-state index contributed by atoms with van der Waals surface area (Å²) in [4.78, 5) is 73.7. The minimum absolute atomic E-state index is 0.0802. The maximum absolute atomic E-state index is 14.4. The van der Waals surface area contributed by atoms with Gasteiger partial charge in [0.15, 0.2) is 11.6 Å². The Morgan fingerprint density at radius 3 is 2.16 bits per heavy atom. The van der Waals surface area contributed by atoms with Crippen molar-refractivity contribution >= 4 is 35.4 Å². The molecule has 1 saturated heterocycles. The standard InChI is InChI=1S/C44H54N6O8/c1-29-13-15-32(16-14-29)38(51)33-21-23-49(24-22-33)40(53)37(31-17-19-34(56-7)20-18-31)50-25-36(45-28-50)47-39(52)35(27-57-26-30-11-9-8-10-12-30)46-41(54)44(5,6)48-42(55)58-43(2,3)4/h8-20,25,28,33,35,37H,21-24,26-27H2,1-7H3,(H,46,54)(H,47,52)(H,48,55)/t35-,37?/m1/s1. The molecule has 5 rings (SSSR count). The molecule has 2 heterocycles. The van der Waals surface area contributed by atoms with Gasteiger partial charge in [0.05, 0.1) is 26.7 Å². The summed E-state index contributed by atoms with van der Waals surface area (Å²) in [5, 5.41) is 8.03. The fourth-order valence-electron chi connectivity index (χ4n) is 6.48. The van der Waals surface area contributed by atoms with Crippen molar-refractivity contribution in [1.29, 1.82) is 0 Å². The third kappa shape index (κ3) is 11.8. The summed E-state index contributed by atoms with van der Waals surface area (Å²) in [6, 6.07) is 22.0. The van der Waals surface area contributed by atoms with Crippen molar-refractivity contribution in [2.24, 2.45) is 5.92 Å². The van der Waals surface area contributed by atoms with Crippen molar-refractivity contribution in [1.82, 2.24) is 25.1 Å². The van der Waals surface area contributed by atoms with E-state index in [9.17, 15) is 24.0 Å². The van der Waals surface area contributed by atoms with Crippen LogP contribution < -0.4 is 20.7 Å². The van der Waals surface area contributed by atoms with Gasteiger partial charge in [0.25, 0.3) is 5.91 Å². The van der Waals surface area contributed by atoms with Crippen LogP contribution in [-0.4, -0.2) is 88.0 Å². The Labute approximate surface area is 339 Å². The molecule has 4 aromatic rings. The first kappa shape index (κ1) is 43.1. The predicted molar refractivity (Wildman–Crippen MR) is 218 cm³/mol. The number of piperidine rings is 1. The predicted octanol–water partition coefficient (Wildman–Crippen LogP) is 5.85. The number of aromatic nitrogens is 2. The van der Waals surface area contributed by atoms with Crippen LogP contribution in [0.2, 0.25) is 0 Å². The van der Waals surface area contributed by atoms with Crippen molar-refractivity contribution in [3.63, 3.8) is 0 Å². The Bertz CT molecular complexity index is 2030. The number of ketones is 1. The number of anilines is 1. The SMILES string of the molecule is COc1ccc(C(C(=O)N2CCC(C(=O)c3ccc(C)cc3)CC2)n2cnc(NC(=O)[C@@H](COCc3ccccc3)NC(=O)C(C)(C)NC(=O)OC(C)(C)C)c2)cc1. The highest BCUT2D eigenvalue weighted by Gasteiger charge is 2.36. The zero-order chi connectivity index (χ0) is 42.0. The van der Waals surface area contributed by atoms with Gasteiger partial charge in [0.1, 0.15) is 29.0 Å². The summed E-state index contributed by atoms with van der Waals surface area (Å²) in [7, 11) is 1.56. The first-order valence-electron chi connectivity index (χ1n) is 19.3. The second kappa shape index (κ2) is 18.9. The first-order chi connectivity index (χ1) is 27.5. The van der Waals surface area contributed by atoms with Crippen molar-refractivity contribution in [2.75, 3.05) is 32.1 Å². The van der Waals surface area contributed by atoms with Crippen molar-refractivity contribution in [3.8, 4) is 5.75 Å². The lowest BCUT2D eigenvalue weighted by molar-refractivity contribution is -0.134. The van der Waals surface area contributed by atoms with Gasteiger partial charge in [-0.05, 0) is 77.6 Å². The lowest BCUT2D eigenvalue weighted by atomic mass is 9.88. The molecule has 1 fully saturated rings. The summed E-state index contributed by atoms with van der Waals surface area (Å²) in [5.74, 6) is -0.833. The average molecular weight is 795 g/mol. The summed E-state index contributed by atoms with van der Waals surface area (Å²) in [5.41, 5.74) is 1.04. The molecule has 1 unspecified atom stereocenters. The van der Waals surface area contributed by atoms with Crippen LogP contribution in [0.5, 0.6) is 5.75 Å². The summed E-state index contributed by atoms with van der Waals surface area (Å²) >= 11 is 0. The van der Waals surface area contributed by atoms with E-state index in [2.05, 4.69) is 20.9 Å². The smallest absolute Gasteiger partial charge is 0.408 e. The largest absolute Gasteiger partial charge is 0.497 e. The highest BCUT2D eigenvalue weighted by Crippen LogP contribution is 2.29. The lowest BCUT2D eigenvalue weighted by Crippen LogP contribution is -2.59. The van der Waals surface area contributed by atoms with Gasteiger partial charge in [-0.1, -0.05) is 72.3 Å². The maximum Gasteiger partial charge on any atom is 0.408 e. The Kier molecular flexibility index (Phi) is 14.1. The molecule has 2 atom stereocenters. The Morgan fingerprint density at radius 1 is 0.879 bits per heavy atom. The number of rotatable bonds is 15. The highest BCUT2D eigenvalue weighted by atomic mass is 16.6. The van der Waals surface area contributed by atoms with Crippen molar-refractivity contribution < 1.29 is 38.2 Å². The van der Waals surface area contributed by atoms with Gasteiger partial charge in [-0.3, -0.25) is 19.2 Å². The van der Waals surface area contributed by atoms with E-state index >= 15 is 0 Å². The second-order valence-electron chi connectivity index (χ2n) is 16.0. The number of likely N-dealkylation sites (tertiary alicyclic amines) is 1. The molecule has 14 heteroatoms. The molecule has 0 spiro atoms. The molecule has 0 saturated carbocycles. The van der Waals surface area contributed by atoms with Crippen LogP contribution in [0.15, 0.2) is 91.4 Å². The van der Waals surface area contributed by atoms with E-state index in [0.29, 0.717) is 42.8 Å². The van der Waals surface area contributed by atoms with Gasteiger partial charge in [-0.2, -0.15) is 0 Å². The molecule has 14 nitrogen and oxygen atoms in total. The Hall–Kier alpha value is -6.02. The number of ether oxygens (including phenoxy) is 3. The van der Waals surface area contributed by atoms with Crippen LogP contribution in [0, 0.1) is 12.8 Å². The minimum atomic E-state index is -1.46. The van der Waals surface area contributed by atoms with E-state index in [1.165, 1.54) is 20.2 Å². The lowest BCUT2D eigenvalue weighted by Gasteiger charge is -2.34. The number of hydrogen-bond donors (Lipinski definition) is 3. The van der Waals surface area contributed by atoms with Crippen LogP contribution >= 0.6 is 0 Å². The van der Waals surface area contributed by atoms with Gasteiger partial charge in [0.2, 0.25) is 11.8 Å².